The molecule has 0 saturated heterocycles. The van der Waals surface area contributed by atoms with Crippen molar-refractivity contribution in [1.82, 2.24) is 9.55 Å². The van der Waals surface area contributed by atoms with Gasteiger partial charge >= 0.3 is 0 Å². The van der Waals surface area contributed by atoms with Crippen LogP contribution in [0.3, 0.4) is 0 Å². The Morgan fingerprint density at radius 1 is 1.28 bits per heavy atom. The molecule has 0 unspecified atom stereocenters. The number of rotatable bonds is 4. The average Bonchev–Trinajstić information content (AvgIpc) is 2.76. The molecular weight excluding hydrogens is 269 g/mol. The first kappa shape index (κ1) is 13.2. The Kier molecular flexibility index (Phi) is 4.15. The Balaban J connectivity index is 2.14. The number of nitrogens with one attached hydrogen (secondary N) is 1. The minimum absolute atomic E-state index is 0.381. The number of nitrogens with zero attached hydrogens (tertiary/aromatic N) is 2. The van der Waals surface area contributed by atoms with Crippen molar-refractivity contribution in [2.75, 3.05) is 5.32 Å². The summed E-state index contributed by atoms with van der Waals surface area (Å²) in [6.07, 6.45) is 3.67. The van der Waals surface area contributed by atoms with Gasteiger partial charge in [-0.05, 0) is 26.0 Å². The number of anilines is 1. The van der Waals surface area contributed by atoms with E-state index in [9.17, 15) is 0 Å². The zero-order valence-corrected chi connectivity index (χ0v) is 11.8. The highest BCUT2D eigenvalue weighted by atomic mass is 35.5. The molecule has 96 valence electrons. The molecule has 0 amide bonds. The molecule has 1 heterocycles. The number of hydrogen-bond acceptors (Lipinski definition) is 2. The Morgan fingerprint density at radius 2 is 1.94 bits per heavy atom. The van der Waals surface area contributed by atoms with Crippen LogP contribution in [-0.2, 0) is 6.54 Å². The van der Waals surface area contributed by atoms with Crippen molar-refractivity contribution in [3.05, 3.63) is 46.5 Å². The fraction of sp³-hybridized carbons (Fsp3) is 0.308. The van der Waals surface area contributed by atoms with Gasteiger partial charge in [-0.25, -0.2) is 4.98 Å². The third-order valence-corrected chi connectivity index (χ3v) is 3.34. The second-order valence-electron chi connectivity index (χ2n) is 4.34. The largest absolute Gasteiger partial charge is 0.377 e. The van der Waals surface area contributed by atoms with Crippen molar-refractivity contribution in [2.45, 2.75) is 26.4 Å². The summed E-state index contributed by atoms with van der Waals surface area (Å²) in [5.74, 6) is 0. The fourth-order valence-electron chi connectivity index (χ4n) is 1.78. The number of imidazole rings is 1. The number of aromatic nitrogens is 2. The molecule has 0 atom stereocenters. The van der Waals surface area contributed by atoms with Gasteiger partial charge in [0.15, 0.2) is 0 Å². The van der Waals surface area contributed by atoms with E-state index in [-0.39, 0.29) is 0 Å². The van der Waals surface area contributed by atoms with Crippen LogP contribution < -0.4 is 5.32 Å². The molecule has 0 spiro atoms. The van der Waals surface area contributed by atoms with E-state index in [1.807, 2.05) is 30.7 Å². The molecule has 18 heavy (non-hydrogen) atoms. The van der Waals surface area contributed by atoms with Crippen LogP contribution in [0.25, 0.3) is 0 Å². The Labute approximate surface area is 117 Å². The van der Waals surface area contributed by atoms with Gasteiger partial charge in [0.2, 0.25) is 0 Å². The summed E-state index contributed by atoms with van der Waals surface area (Å²) >= 11 is 12.2. The van der Waals surface area contributed by atoms with E-state index in [2.05, 4.69) is 28.7 Å². The van der Waals surface area contributed by atoms with Crippen molar-refractivity contribution in [3.8, 4) is 0 Å². The van der Waals surface area contributed by atoms with Gasteiger partial charge in [-0.3, -0.25) is 0 Å². The predicted molar refractivity (Wildman–Crippen MR) is 76.4 cm³/mol. The lowest BCUT2D eigenvalue weighted by molar-refractivity contribution is 0.577. The number of hydrogen-bond donors (Lipinski definition) is 1. The van der Waals surface area contributed by atoms with E-state index >= 15 is 0 Å². The normalized spacial score (nSPS) is 10.9. The predicted octanol–water partition coefficient (Wildman–Crippen LogP) is 4.38. The van der Waals surface area contributed by atoms with Gasteiger partial charge in [0.25, 0.3) is 0 Å². The lowest BCUT2D eigenvalue weighted by atomic mass is 10.3. The van der Waals surface area contributed by atoms with E-state index in [0.29, 0.717) is 22.6 Å². The molecule has 1 aromatic carbocycles. The molecular formula is C13H15Cl2N3. The van der Waals surface area contributed by atoms with Crippen molar-refractivity contribution in [1.29, 1.82) is 0 Å². The van der Waals surface area contributed by atoms with Crippen LogP contribution in [0.4, 0.5) is 5.69 Å². The van der Waals surface area contributed by atoms with E-state index in [0.717, 1.165) is 11.4 Å². The van der Waals surface area contributed by atoms with Crippen molar-refractivity contribution in [2.24, 2.45) is 0 Å². The summed E-state index contributed by atoms with van der Waals surface area (Å²) in [7, 11) is 0. The molecule has 1 N–H and O–H groups in total. The minimum atomic E-state index is 0.381. The Morgan fingerprint density at radius 3 is 2.56 bits per heavy atom. The topological polar surface area (TPSA) is 29.9 Å². The highest BCUT2D eigenvalue weighted by Gasteiger charge is 2.08. The smallest absolute Gasteiger partial charge is 0.0951 e. The maximum atomic E-state index is 6.10. The van der Waals surface area contributed by atoms with Gasteiger partial charge in [0.1, 0.15) is 0 Å². The monoisotopic (exact) mass is 283 g/mol. The summed E-state index contributed by atoms with van der Waals surface area (Å²) in [5, 5.41) is 4.50. The highest BCUT2D eigenvalue weighted by molar-refractivity contribution is 6.39. The summed E-state index contributed by atoms with van der Waals surface area (Å²) in [4.78, 5) is 4.16. The first-order valence-corrected chi connectivity index (χ1v) is 6.53. The highest BCUT2D eigenvalue weighted by Crippen LogP contribution is 2.30. The molecule has 2 rings (SSSR count). The maximum Gasteiger partial charge on any atom is 0.0951 e. The standard InChI is InChI=1S/C13H15Cl2N3/c1-9(2)18-8-16-6-10(18)7-17-13-11(14)4-3-5-12(13)15/h3-6,8-9,17H,7H2,1-2H3. The third kappa shape index (κ3) is 2.79. The third-order valence-electron chi connectivity index (χ3n) is 2.71. The molecule has 5 heteroatoms. The Bertz CT molecular complexity index is 515. The maximum absolute atomic E-state index is 6.10. The zero-order chi connectivity index (χ0) is 13.1. The van der Waals surface area contributed by atoms with Crippen LogP contribution in [0.2, 0.25) is 10.0 Å². The molecule has 0 bridgehead atoms. The summed E-state index contributed by atoms with van der Waals surface area (Å²) in [6.45, 7) is 4.88. The number of para-hydroxylation sites is 1. The molecule has 2 aromatic rings. The number of halogens is 2. The van der Waals surface area contributed by atoms with Crippen LogP contribution >= 0.6 is 23.2 Å². The molecule has 0 aliphatic carbocycles. The lowest BCUT2D eigenvalue weighted by Crippen LogP contribution is -2.09. The van der Waals surface area contributed by atoms with Gasteiger partial charge in [-0.2, -0.15) is 0 Å². The number of benzene rings is 1. The molecule has 3 nitrogen and oxygen atoms in total. The van der Waals surface area contributed by atoms with Gasteiger partial charge in [-0.15, -0.1) is 0 Å². The zero-order valence-electron chi connectivity index (χ0n) is 10.3. The van der Waals surface area contributed by atoms with Crippen molar-refractivity contribution >= 4 is 28.9 Å². The first-order chi connectivity index (χ1) is 8.59. The first-order valence-electron chi connectivity index (χ1n) is 5.78. The second-order valence-corrected chi connectivity index (χ2v) is 5.15. The molecule has 0 fully saturated rings. The van der Waals surface area contributed by atoms with Crippen LogP contribution in [0.1, 0.15) is 25.6 Å². The summed E-state index contributed by atoms with van der Waals surface area (Å²) in [6, 6.07) is 5.84. The van der Waals surface area contributed by atoms with Crippen LogP contribution in [0, 0.1) is 0 Å². The van der Waals surface area contributed by atoms with Gasteiger partial charge in [0.05, 0.1) is 34.3 Å². The van der Waals surface area contributed by atoms with Crippen molar-refractivity contribution in [3.63, 3.8) is 0 Å². The van der Waals surface area contributed by atoms with E-state index in [4.69, 9.17) is 23.2 Å². The van der Waals surface area contributed by atoms with E-state index < -0.39 is 0 Å². The van der Waals surface area contributed by atoms with E-state index in [1.54, 1.807) is 0 Å². The Hall–Kier alpha value is -1.19. The molecule has 0 radical (unpaired) electrons. The quantitative estimate of drug-likeness (QED) is 0.902. The molecule has 0 aliphatic rings. The molecule has 0 saturated carbocycles. The fourth-order valence-corrected chi connectivity index (χ4v) is 2.31. The molecule has 1 aromatic heterocycles. The average molecular weight is 284 g/mol. The van der Waals surface area contributed by atoms with Gasteiger partial charge < -0.3 is 9.88 Å². The lowest BCUT2D eigenvalue weighted by Gasteiger charge is -2.14. The molecule has 0 aliphatic heterocycles. The van der Waals surface area contributed by atoms with E-state index in [1.165, 1.54) is 0 Å². The second kappa shape index (κ2) is 5.63. The van der Waals surface area contributed by atoms with Crippen molar-refractivity contribution < 1.29 is 0 Å². The van der Waals surface area contributed by atoms with Gasteiger partial charge in [0, 0.05) is 12.2 Å². The van der Waals surface area contributed by atoms with Crippen LogP contribution in [0.5, 0.6) is 0 Å². The summed E-state index contributed by atoms with van der Waals surface area (Å²) < 4.78 is 2.11. The van der Waals surface area contributed by atoms with Gasteiger partial charge in [-0.1, -0.05) is 29.3 Å². The summed E-state index contributed by atoms with van der Waals surface area (Å²) in [5.41, 5.74) is 1.86. The minimum Gasteiger partial charge on any atom is -0.377 e. The SMILES string of the molecule is CC(C)n1cncc1CNc1c(Cl)cccc1Cl. The van der Waals surface area contributed by atoms with Crippen LogP contribution in [0.15, 0.2) is 30.7 Å². The van der Waals surface area contributed by atoms with Crippen LogP contribution in [-0.4, -0.2) is 9.55 Å².